The molecule has 8 heteroatoms. The third kappa shape index (κ3) is 5.00. The molecule has 1 amide bonds. The molecule has 0 spiro atoms. The molecule has 1 aromatic carbocycles. The molecular formula is C21H31N5O3. The minimum atomic E-state index is -1.09. The van der Waals surface area contributed by atoms with Crippen molar-refractivity contribution >= 4 is 17.5 Å². The van der Waals surface area contributed by atoms with Crippen molar-refractivity contribution in [1.82, 2.24) is 14.7 Å². The van der Waals surface area contributed by atoms with Crippen LogP contribution in [0.3, 0.4) is 0 Å². The Morgan fingerprint density at radius 1 is 1.03 bits per heavy atom. The molecule has 0 unspecified atom stereocenters. The van der Waals surface area contributed by atoms with E-state index < -0.39 is 11.2 Å². The van der Waals surface area contributed by atoms with Crippen LogP contribution in [-0.4, -0.2) is 57.7 Å². The summed E-state index contributed by atoms with van der Waals surface area (Å²) in [4.78, 5) is 16.2. The summed E-state index contributed by atoms with van der Waals surface area (Å²) >= 11 is 0. The molecule has 0 bridgehead atoms. The topological polar surface area (TPSA) is 96.9 Å². The Kier molecular flexibility index (Phi) is 5.49. The van der Waals surface area contributed by atoms with Gasteiger partial charge in [0, 0.05) is 31.9 Å². The first-order valence-electron chi connectivity index (χ1n) is 9.85. The van der Waals surface area contributed by atoms with Gasteiger partial charge in [0.25, 0.3) is 0 Å². The minimum Gasteiger partial charge on any atom is -0.444 e. The van der Waals surface area contributed by atoms with Gasteiger partial charge < -0.3 is 25.4 Å². The smallest absolute Gasteiger partial charge is 0.410 e. The van der Waals surface area contributed by atoms with Crippen LogP contribution in [0.2, 0.25) is 0 Å². The number of hydrogen-bond donors (Lipinski definition) is 2. The minimum absolute atomic E-state index is 0.258. The number of nitrogen functional groups attached to an aromatic ring is 1. The number of amides is 1. The Hall–Kier alpha value is -2.74. The number of piperazine rings is 1. The van der Waals surface area contributed by atoms with Crippen LogP contribution in [0.5, 0.6) is 0 Å². The first-order valence-corrected chi connectivity index (χ1v) is 9.85. The first kappa shape index (κ1) is 21.0. The summed E-state index contributed by atoms with van der Waals surface area (Å²) in [7, 11) is 0. The lowest BCUT2D eigenvalue weighted by Gasteiger charge is -2.36. The zero-order valence-corrected chi connectivity index (χ0v) is 17.8. The van der Waals surface area contributed by atoms with Gasteiger partial charge >= 0.3 is 6.09 Å². The van der Waals surface area contributed by atoms with Gasteiger partial charge in [0.1, 0.15) is 16.9 Å². The lowest BCUT2D eigenvalue weighted by atomic mass is 10.1. The molecule has 1 saturated heterocycles. The predicted octanol–water partition coefficient (Wildman–Crippen LogP) is 2.74. The average Bonchev–Trinajstić information content (AvgIpc) is 3.03. The summed E-state index contributed by atoms with van der Waals surface area (Å²) in [5.74, 6) is 0. The van der Waals surface area contributed by atoms with Gasteiger partial charge in [-0.15, -0.1) is 0 Å². The Bertz CT molecular complexity index is 854. The number of benzene rings is 1. The van der Waals surface area contributed by atoms with E-state index in [1.807, 2.05) is 45.0 Å². The predicted molar refractivity (Wildman–Crippen MR) is 113 cm³/mol. The van der Waals surface area contributed by atoms with E-state index in [1.54, 1.807) is 29.6 Å². The van der Waals surface area contributed by atoms with Crippen LogP contribution in [0.4, 0.5) is 16.2 Å². The van der Waals surface area contributed by atoms with E-state index in [2.05, 4.69) is 10.00 Å². The second-order valence-electron chi connectivity index (χ2n) is 8.91. The van der Waals surface area contributed by atoms with Gasteiger partial charge in [0.2, 0.25) is 0 Å². The van der Waals surface area contributed by atoms with Gasteiger partial charge in [-0.25, -0.2) is 9.48 Å². The number of hydrogen-bond acceptors (Lipinski definition) is 6. The molecule has 3 rings (SSSR count). The van der Waals surface area contributed by atoms with E-state index in [4.69, 9.17) is 10.5 Å². The SMILES string of the molecule is CC(C)(C)OC(=O)N1CCN(c2ccc(-n3cc(N)c(C(C)(C)O)n3)cc2)CC1. The fourth-order valence-corrected chi connectivity index (χ4v) is 3.28. The Labute approximate surface area is 171 Å². The van der Waals surface area contributed by atoms with Crippen molar-refractivity contribution in [2.75, 3.05) is 36.8 Å². The largest absolute Gasteiger partial charge is 0.444 e. The maximum absolute atomic E-state index is 12.2. The van der Waals surface area contributed by atoms with Crippen LogP contribution in [-0.2, 0) is 10.3 Å². The normalized spacial score (nSPS) is 15.5. The fraction of sp³-hybridized carbons (Fsp3) is 0.524. The molecule has 1 aliphatic heterocycles. The number of nitrogens with zero attached hydrogens (tertiary/aromatic N) is 4. The monoisotopic (exact) mass is 401 g/mol. The molecule has 3 N–H and O–H groups in total. The zero-order valence-electron chi connectivity index (χ0n) is 17.8. The van der Waals surface area contributed by atoms with Crippen LogP contribution >= 0.6 is 0 Å². The van der Waals surface area contributed by atoms with Gasteiger partial charge in [-0.2, -0.15) is 5.10 Å². The molecule has 158 valence electrons. The molecule has 1 aromatic heterocycles. The van der Waals surface area contributed by atoms with Crippen LogP contribution < -0.4 is 10.6 Å². The molecule has 0 saturated carbocycles. The number of carbonyl (C=O) groups is 1. The van der Waals surface area contributed by atoms with Gasteiger partial charge in [-0.3, -0.25) is 0 Å². The van der Waals surface area contributed by atoms with Crippen molar-refractivity contribution in [2.24, 2.45) is 0 Å². The molecule has 0 aliphatic carbocycles. The van der Waals surface area contributed by atoms with E-state index in [0.29, 0.717) is 24.5 Å². The van der Waals surface area contributed by atoms with Crippen molar-refractivity contribution < 1.29 is 14.6 Å². The maximum atomic E-state index is 12.2. The van der Waals surface area contributed by atoms with E-state index >= 15 is 0 Å². The summed E-state index contributed by atoms with van der Waals surface area (Å²) in [6, 6.07) is 7.99. The Balaban J connectivity index is 1.64. The van der Waals surface area contributed by atoms with Crippen molar-refractivity contribution in [3.05, 3.63) is 36.2 Å². The van der Waals surface area contributed by atoms with Crippen LogP contribution in [0, 0.1) is 0 Å². The summed E-state index contributed by atoms with van der Waals surface area (Å²) in [5.41, 5.74) is 7.28. The van der Waals surface area contributed by atoms with E-state index in [9.17, 15) is 9.90 Å². The van der Waals surface area contributed by atoms with Crippen LogP contribution in [0.25, 0.3) is 5.69 Å². The van der Waals surface area contributed by atoms with Gasteiger partial charge in [0.15, 0.2) is 0 Å². The highest BCUT2D eigenvalue weighted by atomic mass is 16.6. The quantitative estimate of drug-likeness (QED) is 0.821. The number of ether oxygens (including phenoxy) is 1. The first-order chi connectivity index (χ1) is 13.4. The molecular weight excluding hydrogens is 370 g/mol. The Morgan fingerprint density at radius 2 is 1.59 bits per heavy atom. The van der Waals surface area contributed by atoms with E-state index in [0.717, 1.165) is 24.5 Å². The third-order valence-electron chi connectivity index (χ3n) is 4.73. The number of aliphatic hydroxyl groups is 1. The van der Waals surface area contributed by atoms with Crippen molar-refractivity contribution in [2.45, 2.75) is 45.8 Å². The molecule has 1 fully saturated rings. The molecule has 2 aromatic rings. The number of anilines is 2. The van der Waals surface area contributed by atoms with Crippen LogP contribution in [0.15, 0.2) is 30.5 Å². The second-order valence-corrected chi connectivity index (χ2v) is 8.91. The molecule has 0 radical (unpaired) electrons. The second kappa shape index (κ2) is 7.59. The highest BCUT2D eigenvalue weighted by molar-refractivity contribution is 5.68. The molecule has 1 aliphatic rings. The molecule has 0 atom stereocenters. The summed E-state index contributed by atoms with van der Waals surface area (Å²) in [5, 5.41) is 14.6. The Morgan fingerprint density at radius 3 is 2.07 bits per heavy atom. The fourth-order valence-electron chi connectivity index (χ4n) is 3.28. The highest BCUT2D eigenvalue weighted by Crippen LogP contribution is 2.26. The van der Waals surface area contributed by atoms with Crippen molar-refractivity contribution in [1.29, 1.82) is 0 Å². The number of nitrogens with two attached hydrogens (primary N) is 1. The highest BCUT2D eigenvalue weighted by Gasteiger charge is 2.26. The van der Waals surface area contributed by atoms with Crippen molar-refractivity contribution in [3.63, 3.8) is 0 Å². The lowest BCUT2D eigenvalue weighted by Crippen LogP contribution is -2.50. The molecule has 8 nitrogen and oxygen atoms in total. The van der Waals surface area contributed by atoms with Crippen LogP contribution in [0.1, 0.15) is 40.3 Å². The molecule has 29 heavy (non-hydrogen) atoms. The molecule has 2 heterocycles. The lowest BCUT2D eigenvalue weighted by molar-refractivity contribution is 0.0240. The third-order valence-corrected chi connectivity index (χ3v) is 4.73. The average molecular weight is 402 g/mol. The summed E-state index contributed by atoms with van der Waals surface area (Å²) < 4.78 is 7.12. The zero-order chi connectivity index (χ0) is 21.4. The number of aromatic nitrogens is 2. The summed E-state index contributed by atoms with van der Waals surface area (Å²) in [6.07, 6.45) is 1.45. The summed E-state index contributed by atoms with van der Waals surface area (Å²) in [6.45, 7) is 11.7. The van der Waals surface area contributed by atoms with Gasteiger partial charge in [-0.1, -0.05) is 0 Å². The maximum Gasteiger partial charge on any atom is 0.410 e. The van der Waals surface area contributed by atoms with Gasteiger partial charge in [0.05, 0.1) is 17.6 Å². The van der Waals surface area contributed by atoms with E-state index in [-0.39, 0.29) is 6.09 Å². The van der Waals surface area contributed by atoms with E-state index in [1.165, 1.54) is 0 Å². The number of rotatable bonds is 3. The number of carbonyl (C=O) groups excluding carboxylic acids is 1. The van der Waals surface area contributed by atoms with Gasteiger partial charge in [-0.05, 0) is 58.9 Å². The standard InChI is InChI=1S/C21H31N5O3/c1-20(2,3)29-19(27)25-12-10-24(11-13-25)15-6-8-16(9-7-15)26-14-17(22)18(23-26)21(4,5)28/h6-9,14,28H,10-13,22H2,1-5H3. The van der Waals surface area contributed by atoms with Crippen molar-refractivity contribution in [3.8, 4) is 5.69 Å².